The number of nitro groups is 1. The number of halogens is 2. The summed E-state index contributed by atoms with van der Waals surface area (Å²) >= 11 is 6.10. The van der Waals surface area contributed by atoms with Crippen LogP contribution >= 0.6 is 11.6 Å². The molecule has 0 bridgehead atoms. The predicted molar refractivity (Wildman–Crippen MR) is 147 cm³/mol. The average Bonchev–Trinajstić information content (AvgIpc) is 2.91. The maximum Gasteiger partial charge on any atom is 0.417 e. The first-order chi connectivity index (χ1) is 19.1. The van der Waals surface area contributed by atoms with Crippen LogP contribution in [0.25, 0.3) is 0 Å². The van der Waals surface area contributed by atoms with Gasteiger partial charge < -0.3 is 14.4 Å². The minimum absolute atomic E-state index is 0.0761. The molecule has 0 radical (unpaired) electrons. The summed E-state index contributed by atoms with van der Waals surface area (Å²) in [4.78, 5) is 39.8. The molecule has 1 saturated heterocycles. The van der Waals surface area contributed by atoms with E-state index in [1.807, 2.05) is 13.8 Å². The Morgan fingerprint density at radius 1 is 1.05 bits per heavy atom. The van der Waals surface area contributed by atoms with Crippen LogP contribution in [0, 0.1) is 15.9 Å². The van der Waals surface area contributed by atoms with E-state index in [-0.39, 0.29) is 53.3 Å². The Hall–Kier alpha value is -4.22. The Labute approximate surface area is 235 Å². The minimum Gasteiger partial charge on any atom is -0.482 e. The number of hydrogen-bond acceptors (Lipinski definition) is 7. The highest BCUT2D eigenvalue weighted by Crippen LogP contribution is 2.29. The van der Waals surface area contributed by atoms with Gasteiger partial charge in [-0.3, -0.25) is 25.1 Å². The summed E-state index contributed by atoms with van der Waals surface area (Å²) in [5.41, 5.74) is 1.05. The molecular formula is C28H28ClFN4O6. The van der Waals surface area contributed by atoms with E-state index < -0.39 is 11.0 Å². The van der Waals surface area contributed by atoms with Crippen molar-refractivity contribution in [2.75, 3.05) is 25.0 Å². The van der Waals surface area contributed by atoms with Crippen molar-refractivity contribution in [3.05, 3.63) is 93.2 Å². The van der Waals surface area contributed by atoms with Crippen LogP contribution in [0.2, 0.25) is 5.02 Å². The van der Waals surface area contributed by atoms with Crippen molar-refractivity contribution >= 4 is 35.0 Å². The van der Waals surface area contributed by atoms with Gasteiger partial charge in [0.2, 0.25) is 0 Å². The van der Waals surface area contributed by atoms with E-state index in [0.717, 1.165) is 5.56 Å². The van der Waals surface area contributed by atoms with Gasteiger partial charge in [0.1, 0.15) is 17.3 Å². The molecule has 0 unspecified atom stereocenters. The Balaban J connectivity index is 1.34. The lowest BCUT2D eigenvalue weighted by atomic mass is 10.1. The fourth-order valence-corrected chi connectivity index (χ4v) is 4.59. The SMILES string of the molecule is C[C@@H]1CN(Cc2ccc(F)cc2)[C@@H](C)CN1C(=O)COc1ccc(Cl)cc1NC(=O)Oc1ccc([N+](=O)[O-])cc1. The molecule has 1 fully saturated rings. The summed E-state index contributed by atoms with van der Waals surface area (Å²) < 4.78 is 24.2. The van der Waals surface area contributed by atoms with Gasteiger partial charge in [-0.1, -0.05) is 23.7 Å². The second-order valence-corrected chi connectivity index (χ2v) is 9.93. The monoisotopic (exact) mass is 570 g/mol. The van der Waals surface area contributed by atoms with Crippen LogP contribution in [-0.4, -0.2) is 58.5 Å². The number of benzene rings is 3. The molecule has 10 nitrogen and oxygen atoms in total. The molecule has 4 rings (SSSR count). The average molecular weight is 571 g/mol. The third-order valence-electron chi connectivity index (χ3n) is 6.52. The number of nitro benzene ring substituents is 1. The van der Waals surface area contributed by atoms with Crippen molar-refractivity contribution in [2.24, 2.45) is 0 Å². The van der Waals surface area contributed by atoms with Crippen molar-refractivity contribution in [1.29, 1.82) is 0 Å². The molecule has 2 amide bonds. The highest BCUT2D eigenvalue weighted by Gasteiger charge is 2.32. The lowest BCUT2D eigenvalue weighted by Crippen LogP contribution is -2.58. The summed E-state index contributed by atoms with van der Waals surface area (Å²) in [6.07, 6.45) is -0.869. The summed E-state index contributed by atoms with van der Waals surface area (Å²) in [5, 5.41) is 13.7. The predicted octanol–water partition coefficient (Wildman–Crippen LogP) is 5.50. The Morgan fingerprint density at radius 3 is 2.42 bits per heavy atom. The number of anilines is 1. The van der Waals surface area contributed by atoms with Crippen LogP contribution in [0.1, 0.15) is 19.4 Å². The van der Waals surface area contributed by atoms with Crippen molar-refractivity contribution in [2.45, 2.75) is 32.5 Å². The molecule has 3 aromatic rings. The smallest absolute Gasteiger partial charge is 0.417 e. The molecule has 0 saturated carbocycles. The van der Waals surface area contributed by atoms with Gasteiger partial charge in [0.05, 0.1) is 10.6 Å². The molecular weight excluding hydrogens is 543 g/mol. The topological polar surface area (TPSA) is 114 Å². The molecule has 40 heavy (non-hydrogen) atoms. The summed E-state index contributed by atoms with van der Waals surface area (Å²) in [7, 11) is 0. The van der Waals surface area contributed by atoms with Gasteiger partial charge in [-0.15, -0.1) is 0 Å². The van der Waals surface area contributed by atoms with E-state index in [0.29, 0.717) is 24.7 Å². The molecule has 1 heterocycles. The normalized spacial score (nSPS) is 17.2. The van der Waals surface area contributed by atoms with E-state index >= 15 is 0 Å². The molecule has 12 heteroatoms. The van der Waals surface area contributed by atoms with Gasteiger partial charge in [-0.2, -0.15) is 0 Å². The minimum atomic E-state index is -0.869. The first-order valence-electron chi connectivity index (χ1n) is 12.5. The number of piperazine rings is 1. The number of carbonyl (C=O) groups is 2. The zero-order valence-corrected chi connectivity index (χ0v) is 22.6. The van der Waals surface area contributed by atoms with Crippen molar-refractivity contribution < 1.29 is 28.4 Å². The third-order valence-corrected chi connectivity index (χ3v) is 6.76. The Morgan fingerprint density at radius 2 is 1.75 bits per heavy atom. The number of carbonyl (C=O) groups excluding carboxylic acids is 2. The lowest BCUT2D eigenvalue weighted by molar-refractivity contribution is -0.384. The molecule has 1 aliphatic heterocycles. The lowest BCUT2D eigenvalue weighted by Gasteiger charge is -2.44. The van der Waals surface area contributed by atoms with Crippen LogP contribution in [-0.2, 0) is 11.3 Å². The number of rotatable bonds is 8. The van der Waals surface area contributed by atoms with Gasteiger partial charge in [0, 0.05) is 48.9 Å². The number of non-ortho nitro benzene ring substituents is 1. The number of hydrogen-bond donors (Lipinski definition) is 1. The summed E-state index contributed by atoms with van der Waals surface area (Å²) in [6.45, 7) is 5.53. The number of amides is 2. The molecule has 1 aliphatic rings. The number of ether oxygens (including phenoxy) is 2. The molecule has 0 aromatic heterocycles. The zero-order chi connectivity index (χ0) is 28.8. The van der Waals surface area contributed by atoms with Crippen LogP contribution in [0.5, 0.6) is 11.5 Å². The van der Waals surface area contributed by atoms with Crippen LogP contribution in [0.3, 0.4) is 0 Å². The highest BCUT2D eigenvalue weighted by atomic mass is 35.5. The first kappa shape index (κ1) is 28.8. The van der Waals surface area contributed by atoms with E-state index in [1.165, 1.54) is 48.5 Å². The van der Waals surface area contributed by atoms with Gasteiger partial charge in [0.25, 0.3) is 11.6 Å². The highest BCUT2D eigenvalue weighted by molar-refractivity contribution is 6.31. The van der Waals surface area contributed by atoms with Crippen molar-refractivity contribution in [1.82, 2.24) is 9.80 Å². The van der Waals surface area contributed by atoms with Crippen LogP contribution in [0.4, 0.5) is 20.6 Å². The van der Waals surface area contributed by atoms with Gasteiger partial charge >= 0.3 is 6.09 Å². The van der Waals surface area contributed by atoms with Gasteiger partial charge in [-0.05, 0) is 61.9 Å². The summed E-state index contributed by atoms with van der Waals surface area (Å²) in [5.74, 6) is -0.172. The quantitative estimate of drug-likeness (QED) is 0.281. The third kappa shape index (κ3) is 7.45. The number of nitrogens with zero attached hydrogens (tertiary/aromatic N) is 3. The zero-order valence-electron chi connectivity index (χ0n) is 21.9. The van der Waals surface area contributed by atoms with Crippen LogP contribution < -0.4 is 14.8 Å². The second kappa shape index (κ2) is 12.8. The Kier molecular flexibility index (Phi) is 9.18. The van der Waals surface area contributed by atoms with Crippen molar-refractivity contribution in [3.63, 3.8) is 0 Å². The summed E-state index contributed by atoms with van der Waals surface area (Å²) in [6, 6.07) is 16.0. The molecule has 0 aliphatic carbocycles. The van der Waals surface area contributed by atoms with Crippen LogP contribution in [0.15, 0.2) is 66.7 Å². The van der Waals surface area contributed by atoms with E-state index in [9.17, 15) is 24.1 Å². The molecule has 210 valence electrons. The molecule has 3 aromatic carbocycles. The van der Waals surface area contributed by atoms with Crippen molar-refractivity contribution in [3.8, 4) is 11.5 Å². The van der Waals surface area contributed by atoms with E-state index in [1.54, 1.807) is 23.1 Å². The maximum absolute atomic E-state index is 13.2. The second-order valence-electron chi connectivity index (χ2n) is 9.49. The van der Waals surface area contributed by atoms with Gasteiger partial charge in [0.15, 0.2) is 6.61 Å². The standard InChI is InChI=1S/C28H28ClFN4O6/c1-18-15-33(19(2)14-32(18)16-20-3-6-22(30)7-4-20)27(35)17-39-26-12-5-21(29)13-25(26)31-28(36)40-24-10-8-23(9-11-24)34(37)38/h3-13,18-19H,14-17H2,1-2H3,(H,31,36)/t18-,19+/m0/s1. The largest absolute Gasteiger partial charge is 0.482 e. The number of nitrogens with one attached hydrogen (secondary N) is 1. The molecule has 1 N–H and O–H groups in total. The molecule has 0 spiro atoms. The Bertz CT molecular complexity index is 1370. The fraction of sp³-hybridized carbons (Fsp3) is 0.286. The fourth-order valence-electron chi connectivity index (χ4n) is 4.42. The molecule has 2 atom stereocenters. The maximum atomic E-state index is 13.2. The van der Waals surface area contributed by atoms with E-state index in [4.69, 9.17) is 21.1 Å². The van der Waals surface area contributed by atoms with Gasteiger partial charge in [-0.25, -0.2) is 9.18 Å². The first-order valence-corrected chi connectivity index (χ1v) is 12.9. The van der Waals surface area contributed by atoms with E-state index in [2.05, 4.69) is 10.2 Å².